The third-order valence-corrected chi connectivity index (χ3v) is 1.35. The minimum absolute atomic E-state index is 0.325. The zero-order valence-electron chi connectivity index (χ0n) is 8.38. The van der Waals surface area contributed by atoms with Crippen molar-refractivity contribution in [2.45, 2.75) is 6.10 Å². The Labute approximate surface area is 90.7 Å². The van der Waals surface area contributed by atoms with Gasteiger partial charge in [0.2, 0.25) is 0 Å². The van der Waals surface area contributed by atoms with Crippen molar-refractivity contribution in [1.29, 1.82) is 11.1 Å². The van der Waals surface area contributed by atoms with Crippen LogP contribution in [0, 0.1) is 11.1 Å². The average Bonchev–Trinajstić information content (AvgIpc) is 2.25. The Morgan fingerprint density at radius 1 is 1.19 bits per heavy atom. The van der Waals surface area contributed by atoms with Gasteiger partial charge in [0.1, 0.15) is 6.61 Å². The molecule has 0 spiro atoms. The van der Waals surface area contributed by atoms with E-state index in [1.54, 1.807) is 0 Å². The van der Waals surface area contributed by atoms with Gasteiger partial charge in [-0.05, 0) is 0 Å². The summed E-state index contributed by atoms with van der Waals surface area (Å²) in [6, 6.07) is 0. The van der Waals surface area contributed by atoms with Crippen LogP contribution in [0.5, 0.6) is 0 Å². The monoisotopic (exact) mass is 232 g/mol. The quantitative estimate of drug-likeness (QED) is 0.381. The van der Waals surface area contributed by atoms with Crippen LogP contribution < -0.4 is 0 Å². The predicted octanol–water partition coefficient (Wildman–Crippen LogP) is -0.504. The smallest absolute Gasteiger partial charge is 0.330 e. The molecule has 0 saturated heterocycles. The van der Waals surface area contributed by atoms with Crippen molar-refractivity contribution < 1.29 is 24.2 Å². The number of carbonyl (C=O) groups excluding carboxylic acids is 2. The second kappa shape index (κ2) is 8.41. The van der Waals surface area contributed by atoms with Gasteiger partial charge in [-0.3, -0.25) is 0 Å². The molecule has 1 unspecified atom stereocenters. The Morgan fingerprint density at radius 2 is 1.75 bits per heavy atom. The SMILES string of the molecule is N=NCC(=O)OCC(CO)OC(=O)CN=N. The Balaban J connectivity index is 3.91. The van der Waals surface area contributed by atoms with E-state index in [0.717, 1.165) is 0 Å². The minimum Gasteiger partial charge on any atom is -0.460 e. The molecule has 0 aliphatic rings. The van der Waals surface area contributed by atoms with Crippen LogP contribution in [0.2, 0.25) is 0 Å². The molecule has 9 heteroatoms. The van der Waals surface area contributed by atoms with E-state index in [-0.39, 0.29) is 6.61 Å². The van der Waals surface area contributed by atoms with Crippen molar-refractivity contribution in [2.24, 2.45) is 10.2 Å². The molecule has 0 aliphatic carbocycles. The normalized spacial score (nSPS) is 11.3. The highest BCUT2D eigenvalue weighted by molar-refractivity contribution is 5.72. The first-order valence-corrected chi connectivity index (χ1v) is 4.26. The second-order valence-corrected chi connectivity index (χ2v) is 2.61. The summed E-state index contributed by atoms with van der Waals surface area (Å²) in [6.07, 6.45) is -0.996. The Hall–Kier alpha value is -1.90. The highest BCUT2D eigenvalue weighted by Gasteiger charge is 2.15. The van der Waals surface area contributed by atoms with Gasteiger partial charge in [0.15, 0.2) is 19.2 Å². The summed E-state index contributed by atoms with van der Waals surface area (Å²) < 4.78 is 9.16. The van der Waals surface area contributed by atoms with E-state index in [0.29, 0.717) is 0 Å². The standard InChI is InChI=1S/C7H12N4O5/c8-10-1-6(13)15-4-5(3-12)16-7(14)2-11-9/h5,8-9,12H,1-4H2. The fourth-order valence-corrected chi connectivity index (χ4v) is 0.708. The summed E-state index contributed by atoms with van der Waals surface area (Å²) in [5, 5.41) is 14.4. The summed E-state index contributed by atoms with van der Waals surface area (Å²) >= 11 is 0. The van der Waals surface area contributed by atoms with Crippen LogP contribution in [-0.4, -0.2) is 49.5 Å². The van der Waals surface area contributed by atoms with Gasteiger partial charge in [0.25, 0.3) is 0 Å². The van der Waals surface area contributed by atoms with Crippen LogP contribution in [0.4, 0.5) is 0 Å². The number of carbonyl (C=O) groups is 2. The molecule has 90 valence electrons. The number of rotatable bonds is 8. The maximum Gasteiger partial charge on any atom is 0.330 e. The van der Waals surface area contributed by atoms with Crippen LogP contribution in [0.15, 0.2) is 10.2 Å². The van der Waals surface area contributed by atoms with E-state index in [4.69, 9.17) is 16.2 Å². The first-order valence-electron chi connectivity index (χ1n) is 4.26. The number of hydrogen-bond donors (Lipinski definition) is 3. The number of nitrogens with one attached hydrogen (secondary N) is 2. The number of aliphatic hydroxyl groups excluding tert-OH is 1. The topological polar surface area (TPSA) is 145 Å². The molecule has 9 nitrogen and oxygen atoms in total. The number of ether oxygens (including phenoxy) is 2. The van der Waals surface area contributed by atoms with Crippen molar-refractivity contribution in [3.8, 4) is 0 Å². The van der Waals surface area contributed by atoms with Gasteiger partial charge in [-0.2, -0.15) is 10.2 Å². The lowest BCUT2D eigenvalue weighted by Gasteiger charge is -2.14. The van der Waals surface area contributed by atoms with Crippen molar-refractivity contribution >= 4 is 11.9 Å². The van der Waals surface area contributed by atoms with Gasteiger partial charge in [-0.25, -0.2) is 20.7 Å². The molecular formula is C7H12N4O5. The van der Waals surface area contributed by atoms with Crippen molar-refractivity contribution in [1.82, 2.24) is 0 Å². The van der Waals surface area contributed by atoms with E-state index in [1.807, 2.05) is 0 Å². The summed E-state index contributed by atoms with van der Waals surface area (Å²) in [5.41, 5.74) is 12.8. The maximum atomic E-state index is 10.8. The fraction of sp³-hybridized carbons (Fsp3) is 0.714. The fourth-order valence-electron chi connectivity index (χ4n) is 0.708. The van der Waals surface area contributed by atoms with Gasteiger partial charge < -0.3 is 14.6 Å². The molecule has 0 aliphatic heterocycles. The van der Waals surface area contributed by atoms with Gasteiger partial charge in [-0.1, -0.05) is 0 Å². The van der Waals surface area contributed by atoms with Gasteiger partial charge in [-0.15, -0.1) is 0 Å². The lowest BCUT2D eigenvalue weighted by molar-refractivity contribution is -0.159. The zero-order valence-corrected chi connectivity index (χ0v) is 8.38. The summed E-state index contributed by atoms with van der Waals surface area (Å²) in [5.74, 6) is -1.55. The van der Waals surface area contributed by atoms with E-state index in [2.05, 4.69) is 19.7 Å². The van der Waals surface area contributed by atoms with Crippen LogP contribution in [0.3, 0.4) is 0 Å². The van der Waals surface area contributed by atoms with E-state index < -0.39 is 37.7 Å². The lowest BCUT2D eigenvalue weighted by Crippen LogP contribution is -2.29. The van der Waals surface area contributed by atoms with Crippen LogP contribution in [0.1, 0.15) is 0 Å². The highest BCUT2D eigenvalue weighted by atomic mass is 16.6. The highest BCUT2D eigenvalue weighted by Crippen LogP contribution is 1.95. The van der Waals surface area contributed by atoms with Crippen molar-refractivity contribution in [3.05, 3.63) is 0 Å². The Bertz CT molecular complexity index is 270. The largest absolute Gasteiger partial charge is 0.460 e. The van der Waals surface area contributed by atoms with E-state index >= 15 is 0 Å². The molecule has 0 heterocycles. The first-order chi connectivity index (χ1) is 7.63. The summed E-state index contributed by atoms with van der Waals surface area (Å²) in [4.78, 5) is 21.6. The first kappa shape index (κ1) is 14.1. The van der Waals surface area contributed by atoms with Gasteiger partial charge in [0.05, 0.1) is 6.61 Å². The lowest BCUT2D eigenvalue weighted by atomic mass is 10.4. The molecule has 0 rings (SSSR count). The third-order valence-electron chi connectivity index (χ3n) is 1.35. The number of nitrogens with zero attached hydrogens (tertiary/aromatic N) is 2. The van der Waals surface area contributed by atoms with Crippen molar-refractivity contribution in [2.75, 3.05) is 26.3 Å². The molecule has 1 atom stereocenters. The molecule has 0 saturated carbocycles. The van der Waals surface area contributed by atoms with Crippen LogP contribution in [-0.2, 0) is 19.1 Å². The third kappa shape index (κ3) is 6.54. The number of aliphatic hydroxyl groups is 1. The van der Waals surface area contributed by atoms with Gasteiger partial charge in [0, 0.05) is 0 Å². The van der Waals surface area contributed by atoms with E-state index in [9.17, 15) is 9.59 Å². The summed E-state index contributed by atoms with van der Waals surface area (Å²) in [6.45, 7) is -1.72. The minimum atomic E-state index is -0.996. The van der Waals surface area contributed by atoms with Gasteiger partial charge >= 0.3 is 11.9 Å². The zero-order chi connectivity index (χ0) is 12.4. The van der Waals surface area contributed by atoms with Crippen LogP contribution in [0.25, 0.3) is 0 Å². The molecule has 0 bridgehead atoms. The van der Waals surface area contributed by atoms with Crippen molar-refractivity contribution in [3.63, 3.8) is 0 Å². The molecule has 16 heavy (non-hydrogen) atoms. The molecule has 3 N–H and O–H groups in total. The molecule has 0 amide bonds. The van der Waals surface area contributed by atoms with Crippen LogP contribution >= 0.6 is 0 Å². The molecule has 0 fully saturated rings. The number of esters is 2. The Kier molecular flexibility index (Phi) is 7.41. The number of hydrogen-bond acceptors (Lipinski definition) is 9. The Morgan fingerprint density at radius 3 is 2.25 bits per heavy atom. The average molecular weight is 232 g/mol. The molecule has 0 radical (unpaired) electrons. The maximum absolute atomic E-state index is 10.8. The van der Waals surface area contributed by atoms with E-state index in [1.165, 1.54) is 0 Å². The molecular weight excluding hydrogens is 220 g/mol. The molecule has 0 aromatic heterocycles. The summed E-state index contributed by atoms with van der Waals surface area (Å²) in [7, 11) is 0. The molecule has 0 aromatic rings. The molecule has 0 aromatic carbocycles. The second-order valence-electron chi connectivity index (χ2n) is 2.61. The predicted molar refractivity (Wildman–Crippen MR) is 48.0 cm³/mol.